The van der Waals surface area contributed by atoms with E-state index in [0.29, 0.717) is 17.3 Å². The van der Waals surface area contributed by atoms with E-state index in [1.54, 1.807) is 25.4 Å². The molecular formula is C14H20N4O2S. The zero-order chi connectivity index (χ0) is 15.5. The van der Waals surface area contributed by atoms with Crippen molar-refractivity contribution < 1.29 is 8.42 Å². The van der Waals surface area contributed by atoms with Crippen LogP contribution in [0.5, 0.6) is 0 Å². The van der Waals surface area contributed by atoms with Crippen molar-refractivity contribution in [1.29, 1.82) is 0 Å². The summed E-state index contributed by atoms with van der Waals surface area (Å²) in [6.45, 7) is 4.56. The standard InChI is InChI=1S/C14H20N4O2S/c1-10-6-11(2)13(7-12(10)8-15-3)21(19,20)18-9-14-16-4-5-17-14/h4-7,15,18H,8-9H2,1-3H3,(H,16,17). The van der Waals surface area contributed by atoms with Crippen LogP contribution in [0, 0.1) is 13.8 Å². The molecule has 1 heterocycles. The van der Waals surface area contributed by atoms with Crippen molar-refractivity contribution in [1.82, 2.24) is 20.0 Å². The zero-order valence-electron chi connectivity index (χ0n) is 12.4. The lowest BCUT2D eigenvalue weighted by Crippen LogP contribution is -2.25. The molecule has 1 aromatic carbocycles. The van der Waals surface area contributed by atoms with Gasteiger partial charge in [-0.3, -0.25) is 0 Å². The Morgan fingerprint density at radius 1 is 1.19 bits per heavy atom. The van der Waals surface area contributed by atoms with Crippen LogP contribution in [0.4, 0.5) is 0 Å². The summed E-state index contributed by atoms with van der Waals surface area (Å²) in [6, 6.07) is 3.62. The van der Waals surface area contributed by atoms with Crippen LogP contribution in [0.15, 0.2) is 29.4 Å². The second-order valence-electron chi connectivity index (χ2n) is 4.93. The molecule has 6 nitrogen and oxygen atoms in total. The van der Waals surface area contributed by atoms with Gasteiger partial charge in [-0.2, -0.15) is 0 Å². The van der Waals surface area contributed by atoms with Crippen molar-refractivity contribution in [3.63, 3.8) is 0 Å². The Labute approximate surface area is 125 Å². The lowest BCUT2D eigenvalue weighted by Gasteiger charge is -2.13. The number of imidazole rings is 1. The molecule has 0 amide bonds. The number of rotatable bonds is 6. The number of hydrogen-bond donors (Lipinski definition) is 3. The molecule has 1 aromatic heterocycles. The topological polar surface area (TPSA) is 86.9 Å². The minimum atomic E-state index is -3.56. The van der Waals surface area contributed by atoms with E-state index in [1.165, 1.54) is 0 Å². The van der Waals surface area contributed by atoms with Gasteiger partial charge in [0.15, 0.2) is 0 Å². The highest BCUT2D eigenvalue weighted by atomic mass is 32.2. The maximum Gasteiger partial charge on any atom is 0.241 e. The van der Waals surface area contributed by atoms with Gasteiger partial charge in [0.2, 0.25) is 10.0 Å². The van der Waals surface area contributed by atoms with Gasteiger partial charge < -0.3 is 10.3 Å². The lowest BCUT2D eigenvalue weighted by molar-refractivity contribution is 0.578. The fourth-order valence-electron chi connectivity index (χ4n) is 2.18. The lowest BCUT2D eigenvalue weighted by atomic mass is 10.1. The van der Waals surface area contributed by atoms with Crippen LogP contribution in [0.3, 0.4) is 0 Å². The molecule has 0 spiro atoms. The second kappa shape index (κ2) is 6.38. The number of sulfonamides is 1. The molecule has 0 unspecified atom stereocenters. The minimum Gasteiger partial charge on any atom is -0.347 e. The van der Waals surface area contributed by atoms with Gasteiger partial charge in [0.25, 0.3) is 0 Å². The molecule has 0 atom stereocenters. The number of aryl methyl sites for hydroxylation is 2. The maximum absolute atomic E-state index is 12.4. The summed E-state index contributed by atoms with van der Waals surface area (Å²) in [6.07, 6.45) is 3.25. The first kappa shape index (κ1) is 15.7. The Bertz CT molecular complexity index is 709. The molecule has 0 bridgehead atoms. The van der Waals surface area contributed by atoms with Crippen LogP contribution >= 0.6 is 0 Å². The van der Waals surface area contributed by atoms with Crippen LogP contribution in [-0.4, -0.2) is 25.4 Å². The Kier molecular flexibility index (Phi) is 4.76. The molecule has 0 fully saturated rings. The Morgan fingerprint density at radius 3 is 2.57 bits per heavy atom. The third-order valence-corrected chi connectivity index (χ3v) is 4.82. The highest BCUT2D eigenvalue weighted by Gasteiger charge is 2.18. The summed E-state index contributed by atoms with van der Waals surface area (Å²) in [5, 5.41) is 3.05. The van der Waals surface area contributed by atoms with E-state index >= 15 is 0 Å². The van der Waals surface area contributed by atoms with Crippen LogP contribution in [-0.2, 0) is 23.1 Å². The average Bonchev–Trinajstić information content (AvgIpc) is 2.93. The first-order valence-electron chi connectivity index (χ1n) is 6.66. The van der Waals surface area contributed by atoms with Gasteiger partial charge in [0.1, 0.15) is 5.82 Å². The molecule has 114 valence electrons. The molecule has 0 saturated heterocycles. The van der Waals surface area contributed by atoms with Crippen molar-refractivity contribution in [2.75, 3.05) is 7.05 Å². The summed E-state index contributed by atoms with van der Waals surface area (Å²) >= 11 is 0. The molecule has 0 aliphatic carbocycles. The number of H-pyrrole nitrogens is 1. The molecule has 0 aliphatic rings. The molecule has 7 heteroatoms. The Balaban J connectivity index is 2.28. The van der Waals surface area contributed by atoms with Crippen molar-refractivity contribution >= 4 is 10.0 Å². The summed E-state index contributed by atoms with van der Waals surface area (Å²) in [7, 11) is -1.73. The van der Waals surface area contributed by atoms with Crippen molar-refractivity contribution in [3.8, 4) is 0 Å². The van der Waals surface area contributed by atoms with Crippen LogP contribution in [0.25, 0.3) is 0 Å². The smallest absolute Gasteiger partial charge is 0.241 e. The Hall–Kier alpha value is -1.70. The molecular weight excluding hydrogens is 288 g/mol. The van der Waals surface area contributed by atoms with Gasteiger partial charge in [-0.15, -0.1) is 0 Å². The van der Waals surface area contributed by atoms with E-state index in [-0.39, 0.29) is 6.54 Å². The first-order chi connectivity index (χ1) is 9.94. The van der Waals surface area contributed by atoms with E-state index in [9.17, 15) is 8.42 Å². The van der Waals surface area contributed by atoms with Crippen molar-refractivity contribution in [2.45, 2.75) is 31.8 Å². The maximum atomic E-state index is 12.4. The number of aromatic amines is 1. The van der Waals surface area contributed by atoms with Gasteiger partial charge in [0.05, 0.1) is 11.4 Å². The fraction of sp³-hybridized carbons (Fsp3) is 0.357. The summed E-state index contributed by atoms with van der Waals surface area (Å²) in [4.78, 5) is 7.18. The molecule has 21 heavy (non-hydrogen) atoms. The molecule has 3 N–H and O–H groups in total. The predicted molar refractivity (Wildman–Crippen MR) is 81.3 cm³/mol. The number of benzene rings is 1. The second-order valence-corrected chi connectivity index (χ2v) is 6.67. The van der Waals surface area contributed by atoms with Crippen LogP contribution < -0.4 is 10.0 Å². The first-order valence-corrected chi connectivity index (χ1v) is 8.15. The monoisotopic (exact) mass is 308 g/mol. The van der Waals surface area contributed by atoms with Crippen LogP contribution in [0.1, 0.15) is 22.5 Å². The molecule has 2 aromatic rings. The van der Waals surface area contributed by atoms with E-state index in [1.807, 2.05) is 20.0 Å². The van der Waals surface area contributed by atoms with E-state index in [0.717, 1.165) is 16.7 Å². The largest absolute Gasteiger partial charge is 0.347 e. The van der Waals surface area contributed by atoms with E-state index in [4.69, 9.17) is 0 Å². The van der Waals surface area contributed by atoms with Gasteiger partial charge in [0, 0.05) is 18.9 Å². The summed E-state index contributed by atoms with van der Waals surface area (Å²) in [5.41, 5.74) is 2.78. The number of nitrogens with one attached hydrogen (secondary N) is 3. The number of aromatic nitrogens is 2. The third-order valence-electron chi connectivity index (χ3n) is 3.27. The SMILES string of the molecule is CNCc1cc(S(=O)(=O)NCc2ncc[nH]2)c(C)cc1C. The fourth-order valence-corrected chi connectivity index (χ4v) is 3.44. The third kappa shape index (κ3) is 3.69. The van der Waals surface area contributed by atoms with Gasteiger partial charge in [-0.1, -0.05) is 6.07 Å². The van der Waals surface area contributed by atoms with E-state index < -0.39 is 10.0 Å². The zero-order valence-corrected chi connectivity index (χ0v) is 13.2. The summed E-state index contributed by atoms with van der Waals surface area (Å²) in [5.74, 6) is 0.582. The molecule has 0 radical (unpaired) electrons. The summed E-state index contributed by atoms with van der Waals surface area (Å²) < 4.78 is 27.5. The normalized spacial score (nSPS) is 11.8. The highest BCUT2D eigenvalue weighted by Crippen LogP contribution is 2.20. The molecule has 2 rings (SSSR count). The highest BCUT2D eigenvalue weighted by molar-refractivity contribution is 7.89. The van der Waals surface area contributed by atoms with Gasteiger partial charge in [-0.25, -0.2) is 18.1 Å². The Morgan fingerprint density at radius 2 is 1.95 bits per heavy atom. The van der Waals surface area contributed by atoms with E-state index in [2.05, 4.69) is 20.0 Å². The number of nitrogens with zero attached hydrogens (tertiary/aromatic N) is 1. The van der Waals surface area contributed by atoms with Crippen molar-refractivity contribution in [3.05, 3.63) is 47.0 Å². The number of hydrogen-bond acceptors (Lipinski definition) is 4. The quantitative estimate of drug-likeness (QED) is 0.749. The van der Waals surface area contributed by atoms with Gasteiger partial charge in [-0.05, 0) is 43.7 Å². The van der Waals surface area contributed by atoms with Crippen molar-refractivity contribution in [2.24, 2.45) is 0 Å². The molecule has 0 saturated carbocycles. The van der Waals surface area contributed by atoms with Crippen LogP contribution in [0.2, 0.25) is 0 Å². The predicted octanol–water partition coefficient (Wildman–Crippen LogP) is 1.22. The molecule has 0 aliphatic heterocycles. The minimum absolute atomic E-state index is 0.143. The van der Waals surface area contributed by atoms with Gasteiger partial charge >= 0.3 is 0 Å². The average molecular weight is 308 g/mol.